The van der Waals surface area contributed by atoms with E-state index in [0.717, 1.165) is 0 Å². The Morgan fingerprint density at radius 1 is 1.47 bits per heavy atom. The molecule has 1 heterocycles. The van der Waals surface area contributed by atoms with E-state index in [1.807, 2.05) is 0 Å². The third-order valence-electron chi connectivity index (χ3n) is 1.96. The maximum Gasteiger partial charge on any atom is 0.178 e. The maximum atomic E-state index is 12.8. The van der Waals surface area contributed by atoms with Crippen LogP contribution in [0.4, 0.5) is 4.39 Å². The molecule has 4 heteroatoms. The van der Waals surface area contributed by atoms with Crippen LogP contribution in [0.2, 0.25) is 0 Å². The van der Waals surface area contributed by atoms with Crippen molar-refractivity contribution in [2.45, 2.75) is 6.42 Å². The van der Waals surface area contributed by atoms with Crippen molar-refractivity contribution in [3.63, 3.8) is 0 Å². The molecule has 0 fully saturated rings. The average Bonchev–Trinajstić information content (AvgIpc) is 2.70. The predicted molar refractivity (Wildman–Crippen MR) is 56.5 cm³/mol. The molecule has 2 rings (SSSR count). The summed E-state index contributed by atoms with van der Waals surface area (Å²) in [6.45, 7) is 0. The van der Waals surface area contributed by atoms with Crippen LogP contribution in [-0.4, -0.2) is 10.8 Å². The number of hydrogen-bond acceptors (Lipinski definition) is 3. The zero-order valence-corrected chi connectivity index (χ0v) is 8.63. The first-order valence-electron chi connectivity index (χ1n) is 4.42. The molecule has 0 aliphatic heterocycles. The van der Waals surface area contributed by atoms with Crippen LogP contribution in [0.5, 0.6) is 0 Å². The van der Waals surface area contributed by atoms with Crippen LogP contribution in [0.25, 0.3) is 0 Å². The van der Waals surface area contributed by atoms with Gasteiger partial charge in [-0.3, -0.25) is 9.78 Å². The largest absolute Gasteiger partial charge is 0.293 e. The molecule has 0 aliphatic rings. The SMILES string of the molecule is O=C(Cc1cccc(F)c1)c1cncs1. The van der Waals surface area contributed by atoms with Crippen molar-refractivity contribution in [1.82, 2.24) is 4.98 Å². The van der Waals surface area contributed by atoms with Gasteiger partial charge in [-0.15, -0.1) is 11.3 Å². The minimum Gasteiger partial charge on any atom is -0.293 e. The van der Waals surface area contributed by atoms with Crippen LogP contribution < -0.4 is 0 Å². The van der Waals surface area contributed by atoms with Crippen LogP contribution in [0.15, 0.2) is 36.0 Å². The first kappa shape index (κ1) is 9.98. The van der Waals surface area contributed by atoms with Crippen molar-refractivity contribution in [3.05, 3.63) is 52.2 Å². The minimum atomic E-state index is -0.315. The molecule has 2 aromatic rings. The van der Waals surface area contributed by atoms with Gasteiger partial charge < -0.3 is 0 Å². The van der Waals surface area contributed by atoms with E-state index in [9.17, 15) is 9.18 Å². The molecule has 0 unspecified atom stereocenters. The number of carbonyl (C=O) groups is 1. The quantitative estimate of drug-likeness (QED) is 0.746. The van der Waals surface area contributed by atoms with E-state index < -0.39 is 0 Å². The predicted octanol–water partition coefficient (Wildman–Crippen LogP) is 2.71. The molecule has 1 aromatic carbocycles. The monoisotopic (exact) mass is 221 g/mol. The van der Waals surface area contributed by atoms with Crippen molar-refractivity contribution in [1.29, 1.82) is 0 Å². The molecule has 0 N–H and O–H groups in total. The van der Waals surface area contributed by atoms with Gasteiger partial charge in [-0.1, -0.05) is 12.1 Å². The molecular formula is C11H8FNOS. The Balaban J connectivity index is 2.13. The third-order valence-corrected chi connectivity index (χ3v) is 2.77. The lowest BCUT2D eigenvalue weighted by Gasteiger charge is -1.98. The second-order valence-electron chi connectivity index (χ2n) is 3.10. The Kier molecular flexibility index (Phi) is 2.87. The molecule has 0 radical (unpaired) electrons. The number of benzene rings is 1. The molecule has 0 atom stereocenters. The highest BCUT2D eigenvalue weighted by atomic mass is 32.1. The smallest absolute Gasteiger partial charge is 0.178 e. The van der Waals surface area contributed by atoms with E-state index in [0.29, 0.717) is 10.4 Å². The molecule has 0 spiro atoms. The number of thiazole rings is 1. The molecule has 0 amide bonds. The second kappa shape index (κ2) is 4.31. The number of carbonyl (C=O) groups excluding carboxylic acids is 1. The first-order chi connectivity index (χ1) is 7.25. The van der Waals surface area contributed by atoms with Gasteiger partial charge in [0.1, 0.15) is 5.82 Å². The van der Waals surface area contributed by atoms with E-state index in [2.05, 4.69) is 4.98 Å². The average molecular weight is 221 g/mol. The van der Waals surface area contributed by atoms with Gasteiger partial charge in [0.25, 0.3) is 0 Å². The fourth-order valence-electron chi connectivity index (χ4n) is 1.27. The fourth-order valence-corrected chi connectivity index (χ4v) is 1.83. The van der Waals surface area contributed by atoms with Crippen molar-refractivity contribution >= 4 is 17.1 Å². The molecular weight excluding hydrogens is 213 g/mol. The molecule has 0 saturated heterocycles. The van der Waals surface area contributed by atoms with Crippen molar-refractivity contribution in [3.8, 4) is 0 Å². The summed E-state index contributed by atoms with van der Waals surface area (Å²) in [5, 5.41) is 0. The molecule has 2 nitrogen and oxygen atoms in total. The van der Waals surface area contributed by atoms with E-state index in [1.54, 1.807) is 17.6 Å². The van der Waals surface area contributed by atoms with Crippen LogP contribution in [0, 0.1) is 5.82 Å². The standard InChI is InChI=1S/C11H8FNOS/c12-9-3-1-2-8(4-9)5-10(14)11-6-13-7-15-11/h1-4,6-7H,5H2. The summed E-state index contributed by atoms with van der Waals surface area (Å²) in [5.41, 5.74) is 2.30. The summed E-state index contributed by atoms with van der Waals surface area (Å²) in [6, 6.07) is 6.08. The highest BCUT2D eigenvalue weighted by molar-refractivity contribution is 7.11. The van der Waals surface area contributed by atoms with E-state index >= 15 is 0 Å². The number of Topliss-reactive ketones (excluding diaryl/α,β-unsaturated/α-hetero) is 1. The van der Waals surface area contributed by atoms with Gasteiger partial charge in [-0.05, 0) is 17.7 Å². The maximum absolute atomic E-state index is 12.8. The summed E-state index contributed by atoms with van der Waals surface area (Å²) in [6.07, 6.45) is 1.76. The van der Waals surface area contributed by atoms with Gasteiger partial charge in [0.15, 0.2) is 5.78 Å². The lowest BCUT2D eigenvalue weighted by atomic mass is 10.1. The van der Waals surface area contributed by atoms with Crippen LogP contribution in [0.1, 0.15) is 15.2 Å². The number of nitrogens with zero attached hydrogens (tertiary/aromatic N) is 1. The Morgan fingerprint density at radius 2 is 2.33 bits per heavy atom. The molecule has 0 saturated carbocycles. The Labute approximate surface area is 90.4 Å². The Hall–Kier alpha value is -1.55. The topological polar surface area (TPSA) is 30.0 Å². The number of aromatic nitrogens is 1. The number of halogens is 1. The first-order valence-corrected chi connectivity index (χ1v) is 5.30. The molecule has 76 valence electrons. The highest BCUT2D eigenvalue weighted by Crippen LogP contribution is 2.11. The summed E-state index contributed by atoms with van der Waals surface area (Å²) in [7, 11) is 0. The molecule has 0 bridgehead atoms. The third kappa shape index (κ3) is 2.47. The number of ketones is 1. The number of rotatable bonds is 3. The summed E-state index contributed by atoms with van der Waals surface area (Å²) in [5.74, 6) is -0.340. The Bertz CT molecular complexity index is 467. The molecule has 15 heavy (non-hydrogen) atoms. The molecule has 0 aliphatic carbocycles. The van der Waals surface area contributed by atoms with Crippen molar-refractivity contribution in [2.24, 2.45) is 0 Å². The van der Waals surface area contributed by atoms with Crippen LogP contribution >= 0.6 is 11.3 Å². The van der Waals surface area contributed by atoms with E-state index in [1.165, 1.54) is 29.7 Å². The van der Waals surface area contributed by atoms with Crippen LogP contribution in [0.3, 0.4) is 0 Å². The second-order valence-corrected chi connectivity index (χ2v) is 3.98. The summed E-state index contributed by atoms with van der Waals surface area (Å²) < 4.78 is 12.8. The molecule has 1 aromatic heterocycles. The van der Waals surface area contributed by atoms with Crippen molar-refractivity contribution < 1.29 is 9.18 Å². The normalized spacial score (nSPS) is 10.2. The number of hydrogen-bond donors (Lipinski definition) is 0. The van der Waals surface area contributed by atoms with E-state index in [-0.39, 0.29) is 18.0 Å². The zero-order valence-electron chi connectivity index (χ0n) is 7.81. The van der Waals surface area contributed by atoms with Gasteiger partial charge in [0, 0.05) is 12.6 Å². The van der Waals surface area contributed by atoms with Gasteiger partial charge in [0.05, 0.1) is 10.4 Å². The van der Waals surface area contributed by atoms with Gasteiger partial charge in [-0.25, -0.2) is 4.39 Å². The van der Waals surface area contributed by atoms with Gasteiger partial charge in [-0.2, -0.15) is 0 Å². The lowest BCUT2D eigenvalue weighted by Crippen LogP contribution is -2.01. The summed E-state index contributed by atoms with van der Waals surface area (Å²) in [4.78, 5) is 16.1. The minimum absolute atomic E-state index is 0.0249. The summed E-state index contributed by atoms with van der Waals surface area (Å²) >= 11 is 1.30. The van der Waals surface area contributed by atoms with E-state index in [4.69, 9.17) is 0 Å². The van der Waals surface area contributed by atoms with Crippen molar-refractivity contribution in [2.75, 3.05) is 0 Å². The van der Waals surface area contributed by atoms with Crippen LogP contribution in [-0.2, 0) is 6.42 Å². The Morgan fingerprint density at radius 3 is 3.00 bits per heavy atom. The van der Waals surface area contributed by atoms with Gasteiger partial charge >= 0.3 is 0 Å². The van der Waals surface area contributed by atoms with Gasteiger partial charge in [0.2, 0.25) is 0 Å². The highest BCUT2D eigenvalue weighted by Gasteiger charge is 2.08. The lowest BCUT2D eigenvalue weighted by molar-refractivity contribution is 0.0996. The zero-order chi connectivity index (χ0) is 10.7. The fraction of sp³-hybridized carbons (Fsp3) is 0.0909.